The number of hydrogen-bond donors (Lipinski definition) is 1. The van der Waals surface area contributed by atoms with E-state index in [1.807, 2.05) is 38.2 Å². The van der Waals surface area contributed by atoms with Gasteiger partial charge in [-0.1, -0.05) is 37.8 Å². The number of rotatable bonds is 9. The van der Waals surface area contributed by atoms with Gasteiger partial charge in [0.05, 0.1) is 13.2 Å². The maximum Gasteiger partial charge on any atom is 0.161 e. The van der Waals surface area contributed by atoms with E-state index in [1.54, 1.807) is 0 Å². The summed E-state index contributed by atoms with van der Waals surface area (Å²) in [6.07, 6.45) is 6.70. The standard InChI is InChI=1S/C18H29NO2/c1-3-20-17-10-6-7-11-18(17)21-13-12-16(14-19-2)15-8-4-5-9-15/h6-7,10-11,15-16,19H,3-5,8-9,12-14H2,1-2H3. The smallest absolute Gasteiger partial charge is 0.161 e. The van der Waals surface area contributed by atoms with E-state index < -0.39 is 0 Å². The minimum Gasteiger partial charge on any atom is -0.490 e. The Labute approximate surface area is 129 Å². The van der Waals surface area contributed by atoms with Crippen LogP contribution in [0.4, 0.5) is 0 Å². The summed E-state index contributed by atoms with van der Waals surface area (Å²) in [5.74, 6) is 3.33. The molecule has 1 fully saturated rings. The molecule has 1 aliphatic carbocycles. The highest BCUT2D eigenvalue weighted by atomic mass is 16.5. The van der Waals surface area contributed by atoms with Crippen LogP contribution in [0.2, 0.25) is 0 Å². The van der Waals surface area contributed by atoms with E-state index in [0.717, 1.165) is 42.9 Å². The molecule has 0 saturated heterocycles. The van der Waals surface area contributed by atoms with Crippen molar-refractivity contribution < 1.29 is 9.47 Å². The highest BCUT2D eigenvalue weighted by Gasteiger charge is 2.24. The molecule has 0 radical (unpaired) electrons. The highest BCUT2D eigenvalue weighted by Crippen LogP contribution is 2.33. The molecule has 0 bridgehead atoms. The Bertz CT molecular complexity index is 402. The lowest BCUT2D eigenvalue weighted by molar-refractivity contribution is 0.222. The number of benzene rings is 1. The summed E-state index contributed by atoms with van der Waals surface area (Å²) in [6.45, 7) is 4.54. The van der Waals surface area contributed by atoms with Crippen LogP contribution in [0.25, 0.3) is 0 Å². The monoisotopic (exact) mass is 291 g/mol. The Balaban J connectivity index is 1.84. The third-order valence-corrected chi connectivity index (χ3v) is 4.43. The van der Waals surface area contributed by atoms with Crippen molar-refractivity contribution in [2.75, 3.05) is 26.8 Å². The van der Waals surface area contributed by atoms with Crippen LogP contribution in [0, 0.1) is 11.8 Å². The maximum atomic E-state index is 5.97. The van der Waals surface area contributed by atoms with Crippen molar-refractivity contribution in [2.45, 2.75) is 39.0 Å². The number of nitrogens with one attached hydrogen (secondary N) is 1. The van der Waals surface area contributed by atoms with Gasteiger partial charge in [0, 0.05) is 0 Å². The summed E-state index contributed by atoms with van der Waals surface area (Å²) >= 11 is 0. The molecule has 21 heavy (non-hydrogen) atoms. The van der Waals surface area contributed by atoms with Crippen LogP contribution in [0.5, 0.6) is 11.5 Å². The molecular weight excluding hydrogens is 262 g/mol. The van der Waals surface area contributed by atoms with Gasteiger partial charge in [-0.2, -0.15) is 0 Å². The zero-order valence-electron chi connectivity index (χ0n) is 13.4. The van der Waals surface area contributed by atoms with Gasteiger partial charge in [0.15, 0.2) is 11.5 Å². The van der Waals surface area contributed by atoms with E-state index in [1.165, 1.54) is 25.7 Å². The average Bonchev–Trinajstić information content (AvgIpc) is 3.02. The average molecular weight is 291 g/mol. The first-order chi connectivity index (χ1) is 10.3. The first-order valence-corrected chi connectivity index (χ1v) is 8.34. The minimum atomic E-state index is 0.671. The SMILES string of the molecule is CCOc1ccccc1OCCC(CNC)C1CCCC1. The molecule has 0 spiro atoms. The molecule has 1 aromatic rings. The van der Waals surface area contributed by atoms with Crippen molar-refractivity contribution in [3.05, 3.63) is 24.3 Å². The summed E-state index contributed by atoms with van der Waals surface area (Å²) in [5.41, 5.74) is 0. The predicted octanol–water partition coefficient (Wildman–Crippen LogP) is 3.88. The molecule has 1 aliphatic rings. The lowest BCUT2D eigenvalue weighted by Gasteiger charge is -2.23. The second-order valence-electron chi connectivity index (χ2n) is 5.88. The Morgan fingerprint density at radius 2 is 1.81 bits per heavy atom. The molecule has 1 N–H and O–H groups in total. The molecule has 1 aromatic carbocycles. The normalized spacial score (nSPS) is 16.9. The van der Waals surface area contributed by atoms with Gasteiger partial charge in [0.2, 0.25) is 0 Å². The van der Waals surface area contributed by atoms with E-state index in [0.29, 0.717) is 6.61 Å². The molecule has 3 heteroatoms. The maximum absolute atomic E-state index is 5.97. The van der Waals surface area contributed by atoms with Crippen molar-refractivity contribution in [1.29, 1.82) is 0 Å². The largest absolute Gasteiger partial charge is 0.490 e. The molecule has 1 saturated carbocycles. The van der Waals surface area contributed by atoms with Crippen LogP contribution in [0.3, 0.4) is 0 Å². The molecule has 0 heterocycles. The van der Waals surface area contributed by atoms with Gasteiger partial charge in [0.1, 0.15) is 0 Å². The molecule has 3 nitrogen and oxygen atoms in total. The van der Waals surface area contributed by atoms with E-state index in [9.17, 15) is 0 Å². The molecule has 0 aliphatic heterocycles. The second-order valence-corrected chi connectivity index (χ2v) is 5.88. The van der Waals surface area contributed by atoms with Gasteiger partial charge >= 0.3 is 0 Å². The molecular formula is C18H29NO2. The summed E-state index contributed by atoms with van der Waals surface area (Å²) in [7, 11) is 2.05. The van der Waals surface area contributed by atoms with E-state index in [2.05, 4.69) is 5.32 Å². The Morgan fingerprint density at radius 3 is 2.43 bits per heavy atom. The fourth-order valence-electron chi connectivity index (χ4n) is 3.36. The van der Waals surface area contributed by atoms with Crippen LogP contribution in [0.15, 0.2) is 24.3 Å². The fourth-order valence-corrected chi connectivity index (χ4v) is 3.36. The van der Waals surface area contributed by atoms with Gasteiger partial charge in [-0.05, 0) is 50.9 Å². The summed E-state index contributed by atoms with van der Waals surface area (Å²) < 4.78 is 11.6. The van der Waals surface area contributed by atoms with Crippen molar-refractivity contribution >= 4 is 0 Å². The molecule has 1 unspecified atom stereocenters. The van der Waals surface area contributed by atoms with E-state index in [4.69, 9.17) is 9.47 Å². The first-order valence-electron chi connectivity index (χ1n) is 8.34. The molecule has 2 rings (SSSR count). The number of ether oxygens (including phenoxy) is 2. The Kier molecular flexibility index (Phi) is 6.87. The Morgan fingerprint density at radius 1 is 1.14 bits per heavy atom. The van der Waals surface area contributed by atoms with Gasteiger partial charge in [-0.25, -0.2) is 0 Å². The third-order valence-electron chi connectivity index (χ3n) is 4.43. The molecule has 0 amide bonds. The quantitative estimate of drug-likeness (QED) is 0.749. The zero-order valence-corrected chi connectivity index (χ0v) is 13.4. The van der Waals surface area contributed by atoms with Crippen LogP contribution >= 0.6 is 0 Å². The van der Waals surface area contributed by atoms with Crippen LogP contribution in [-0.2, 0) is 0 Å². The van der Waals surface area contributed by atoms with Gasteiger partial charge in [-0.15, -0.1) is 0 Å². The van der Waals surface area contributed by atoms with Crippen molar-refractivity contribution in [3.63, 3.8) is 0 Å². The third kappa shape index (κ3) is 4.92. The van der Waals surface area contributed by atoms with Crippen LogP contribution in [-0.4, -0.2) is 26.8 Å². The van der Waals surface area contributed by atoms with E-state index in [-0.39, 0.29) is 0 Å². The summed E-state index contributed by atoms with van der Waals surface area (Å²) in [6, 6.07) is 7.95. The molecule has 118 valence electrons. The highest BCUT2D eigenvalue weighted by molar-refractivity contribution is 5.39. The fraction of sp³-hybridized carbons (Fsp3) is 0.667. The van der Waals surface area contributed by atoms with Gasteiger partial charge < -0.3 is 14.8 Å². The van der Waals surface area contributed by atoms with Crippen LogP contribution in [0.1, 0.15) is 39.0 Å². The van der Waals surface area contributed by atoms with Crippen LogP contribution < -0.4 is 14.8 Å². The summed E-state index contributed by atoms with van der Waals surface area (Å²) in [4.78, 5) is 0. The molecule has 1 atom stereocenters. The molecule has 0 aromatic heterocycles. The lowest BCUT2D eigenvalue weighted by atomic mass is 9.88. The zero-order chi connectivity index (χ0) is 14.9. The predicted molar refractivity (Wildman–Crippen MR) is 87.1 cm³/mol. The number of para-hydroxylation sites is 2. The number of hydrogen-bond acceptors (Lipinski definition) is 3. The van der Waals surface area contributed by atoms with Gasteiger partial charge in [-0.3, -0.25) is 0 Å². The first kappa shape index (κ1) is 16.2. The minimum absolute atomic E-state index is 0.671. The topological polar surface area (TPSA) is 30.5 Å². The van der Waals surface area contributed by atoms with Gasteiger partial charge in [0.25, 0.3) is 0 Å². The Hall–Kier alpha value is -1.22. The van der Waals surface area contributed by atoms with Crippen molar-refractivity contribution in [3.8, 4) is 11.5 Å². The summed E-state index contributed by atoms with van der Waals surface area (Å²) in [5, 5.41) is 3.34. The van der Waals surface area contributed by atoms with Crippen molar-refractivity contribution in [1.82, 2.24) is 5.32 Å². The lowest BCUT2D eigenvalue weighted by Crippen LogP contribution is -2.26. The van der Waals surface area contributed by atoms with Crippen molar-refractivity contribution in [2.24, 2.45) is 11.8 Å². The second kappa shape index (κ2) is 8.93. The van der Waals surface area contributed by atoms with E-state index >= 15 is 0 Å².